The second-order valence-corrected chi connectivity index (χ2v) is 6.60. The van der Waals surface area contributed by atoms with Gasteiger partial charge in [-0.05, 0) is 0 Å². The second-order valence-electron chi connectivity index (χ2n) is 3.74. The average Bonchev–Trinajstić information content (AvgIpc) is 2.48. The van der Waals surface area contributed by atoms with Crippen LogP contribution in [0.25, 0.3) is 0 Å². The molecule has 0 N–H and O–H groups in total. The van der Waals surface area contributed by atoms with E-state index in [0.29, 0.717) is 0 Å². The van der Waals surface area contributed by atoms with Gasteiger partial charge in [-0.3, -0.25) is 0 Å². The molecule has 0 aliphatic rings. The minimum absolute atomic E-state index is 0.351. The van der Waals surface area contributed by atoms with E-state index in [1.54, 1.807) is 21.3 Å². The summed E-state index contributed by atoms with van der Waals surface area (Å²) in [6.45, 7) is 0. The molecule has 0 unspecified atom stereocenters. The van der Waals surface area contributed by atoms with Gasteiger partial charge < -0.3 is 0 Å². The van der Waals surface area contributed by atoms with Crippen molar-refractivity contribution in [1.82, 2.24) is 0 Å². The molecule has 0 aliphatic carbocycles. The summed E-state index contributed by atoms with van der Waals surface area (Å²) >= 11 is -0.351. The fourth-order valence-corrected chi connectivity index (χ4v) is 4.32. The minimum atomic E-state index is -0.351. The molecule has 0 saturated carbocycles. The summed E-state index contributed by atoms with van der Waals surface area (Å²) in [4.78, 5) is 0. The number of benzene rings is 2. The van der Waals surface area contributed by atoms with Crippen LogP contribution >= 0.6 is 0 Å². The van der Waals surface area contributed by atoms with E-state index < -0.39 is 0 Å². The van der Waals surface area contributed by atoms with Crippen LogP contribution in [0.3, 0.4) is 0 Å². The number of methoxy groups -OCH3 is 3. The van der Waals surface area contributed by atoms with Crippen molar-refractivity contribution in [2.45, 2.75) is 0 Å². The molecule has 4 heteroatoms. The van der Waals surface area contributed by atoms with Crippen molar-refractivity contribution >= 4 is 0 Å². The van der Waals surface area contributed by atoms with Gasteiger partial charge in [0.1, 0.15) is 0 Å². The van der Waals surface area contributed by atoms with Gasteiger partial charge in [0.15, 0.2) is 0 Å². The molecule has 19 heavy (non-hydrogen) atoms. The number of halogens is 1. The molecule has 0 fully saturated rings. The molecule has 0 heterocycles. The van der Waals surface area contributed by atoms with Gasteiger partial charge in [-0.1, -0.05) is 0 Å². The predicted molar refractivity (Wildman–Crippen MR) is 69.9 cm³/mol. The molecule has 102 valence electrons. The molecular formula is C15H16IO3-. The van der Waals surface area contributed by atoms with Crippen molar-refractivity contribution < 1.29 is 35.4 Å². The first kappa shape index (κ1) is 14.0. The molecule has 0 saturated heterocycles. The van der Waals surface area contributed by atoms with E-state index in [9.17, 15) is 0 Å². The molecule has 0 aromatic heterocycles. The Morgan fingerprint density at radius 2 is 1.37 bits per heavy atom. The van der Waals surface area contributed by atoms with Gasteiger partial charge in [0, 0.05) is 0 Å². The van der Waals surface area contributed by atoms with Gasteiger partial charge in [0.05, 0.1) is 0 Å². The number of hydrogen-bond donors (Lipinski definition) is 0. The predicted octanol–water partition coefficient (Wildman–Crippen LogP) is -0.159. The van der Waals surface area contributed by atoms with E-state index in [4.69, 9.17) is 14.2 Å². The van der Waals surface area contributed by atoms with Gasteiger partial charge >= 0.3 is 124 Å². The third-order valence-corrected chi connectivity index (χ3v) is 5.54. The zero-order valence-corrected chi connectivity index (χ0v) is 13.3. The Bertz CT molecular complexity index is 515. The topological polar surface area (TPSA) is 27.7 Å². The summed E-state index contributed by atoms with van der Waals surface area (Å²) in [6, 6.07) is 14.2. The molecule has 3 nitrogen and oxygen atoms in total. The Morgan fingerprint density at radius 3 is 1.84 bits per heavy atom. The Balaban J connectivity index is 2.42. The van der Waals surface area contributed by atoms with Crippen molar-refractivity contribution in [1.29, 1.82) is 0 Å². The first-order valence-corrected chi connectivity index (χ1v) is 7.94. The summed E-state index contributed by atoms with van der Waals surface area (Å²) in [5.74, 6) is 2.40. The summed E-state index contributed by atoms with van der Waals surface area (Å²) < 4.78 is 18.7. The summed E-state index contributed by atoms with van der Waals surface area (Å²) in [6.07, 6.45) is 0. The molecular weight excluding hydrogens is 355 g/mol. The average molecular weight is 371 g/mol. The van der Waals surface area contributed by atoms with Crippen molar-refractivity contribution in [3.63, 3.8) is 0 Å². The molecule has 0 amide bonds. The Labute approximate surface area is 123 Å². The molecule has 0 radical (unpaired) electrons. The monoisotopic (exact) mass is 371 g/mol. The first-order chi connectivity index (χ1) is 9.28. The van der Waals surface area contributed by atoms with E-state index in [-0.39, 0.29) is 21.2 Å². The summed E-state index contributed by atoms with van der Waals surface area (Å²) in [5, 5.41) is 0. The van der Waals surface area contributed by atoms with Crippen LogP contribution in [0.2, 0.25) is 0 Å². The van der Waals surface area contributed by atoms with Crippen LogP contribution in [0.1, 0.15) is 0 Å². The maximum atomic E-state index is 5.47. The molecule has 0 spiro atoms. The molecule has 2 aromatic rings. The summed E-state index contributed by atoms with van der Waals surface area (Å²) in [5.41, 5.74) is 0. The second kappa shape index (κ2) is 6.65. The van der Waals surface area contributed by atoms with E-state index in [2.05, 4.69) is 24.3 Å². The molecule has 0 atom stereocenters. The normalized spacial score (nSPS) is 10.3. The zero-order chi connectivity index (χ0) is 13.7. The van der Waals surface area contributed by atoms with Gasteiger partial charge in [0.25, 0.3) is 0 Å². The molecule has 2 rings (SSSR count). The summed E-state index contributed by atoms with van der Waals surface area (Å²) in [7, 11) is 4.99. The Kier molecular flexibility index (Phi) is 4.90. The van der Waals surface area contributed by atoms with Crippen LogP contribution in [0, 0.1) is 7.14 Å². The Morgan fingerprint density at radius 1 is 0.789 bits per heavy atom. The SMILES string of the molecule is COc1cc(OC)c([I-]c2ccccc2)c(OC)c1. The van der Waals surface area contributed by atoms with Crippen molar-refractivity contribution in [2.24, 2.45) is 0 Å². The van der Waals surface area contributed by atoms with Crippen molar-refractivity contribution in [3.8, 4) is 17.2 Å². The zero-order valence-electron chi connectivity index (χ0n) is 11.1. The van der Waals surface area contributed by atoms with Gasteiger partial charge in [-0.2, -0.15) is 0 Å². The number of ether oxygens (including phenoxy) is 3. The fraction of sp³-hybridized carbons (Fsp3) is 0.200. The van der Waals surface area contributed by atoms with Crippen LogP contribution in [-0.2, 0) is 0 Å². The van der Waals surface area contributed by atoms with Crippen LogP contribution in [0.15, 0.2) is 42.5 Å². The first-order valence-electron chi connectivity index (χ1n) is 5.78. The van der Waals surface area contributed by atoms with Crippen LogP contribution in [0.4, 0.5) is 0 Å². The van der Waals surface area contributed by atoms with Crippen molar-refractivity contribution in [3.05, 3.63) is 49.6 Å². The maximum absolute atomic E-state index is 5.47. The van der Waals surface area contributed by atoms with Crippen molar-refractivity contribution in [2.75, 3.05) is 21.3 Å². The number of hydrogen-bond acceptors (Lipinski definition) is 3. The van der Waals surface area contributed by atoms with E-state index in [1.165, 1.54) is 3.57 Å². The fourth-order valence-electron chi connectivity index (χ4n) is 1.64. The third-order valence-electron chi connectivity index (χ3n) is 2.59. The van der Waals surface area contributed by atoms with Gasteiger partial charge in [0.2, 0.25) is 0 Å². The number of rotatable bonds is 5. The quantitative estimate of drug-likeness (QED) is 0.684. The van der Waals surface area contributed by atoms with Crippen LogP contribution < -0.4 is 35.4 Å². The molecule has 2 aromatic carbocycles. The standard InChI is InChI=1S/C15H16IO3/c1-17-12-9-13(18-2)15(14(10-12)19-3)16-11-7-5-4-6-8-11/h4-10H,1-3H3/q-1. The van der Waals surface area contributed by atoms with Crippen LogP contribution in [-0.4, -0.2) is 21.3 Å². The van der Waals surface area contributed by atoms with E-state index in [1.807, 2.05) is 18.2 Å². The van der Waals surface area contributed by atoms with Crippen LogP contribution in [0.5, 0.6) is 17.2 Å². The molecule has 0 aliphatic heterocycles. The van der Waals surface area contributed by atoms with Gasteiger partial charge in [-0.15, -0.1) is 0 Å². The third kappa shape index (κ3) is 3.32. The Hall–Kier alpha value is -1.43. The van der Waals surface area contributed by atoms with E-state index >= 15 is 0 Å². The van der Waals surface area contributed by atoms with Gasteiger partial charge in [-0.25, -0.2) is 0 Å². The molecule has 0 bridgehead atoms. The van der Waals surface area contributed by atoms with E-state index in [0.717, 1.165) is 20.8 Å².